The van der Waals surface area contributed by atoms with Crippen LogP contribution < -0.4 is 5.32 Å². The molecular formula is C11H12ClNO2. The lowest BCUT2D eigenvalue weighted by Gasteiger charge is -2.06. The number of amides is 1. The summed E-state index contributed by atoms with van der Waals surface area (Å²) in [6, 6.07) is 5.21. The number of rotatable bonds is 3. The van der Waals surface area contributed by atoms with Crippen LogP contribution >= 0.6 is 11.6 Å². The maximum absolute atomic E-state index is 11.6. The Kier molecular flexibility index (Phi) is 3.86. The molecule has 0 fully saturated rings. The molecule has 0 spiro atoms. The Morgan fingerprint density at radius 1 is 1.40 bits per heavy atom. The molecule has 1 amide bonds. The molecule has 80 valence electrons. The van der Waals surface area contributed by atoms with E-state index in [0.29, 0.717) is 10.6 Å². The second-order valence-electron chi connectivity index (χ2n) is 3.32. The molecule has 1 N–H and O–H groups in total. The van der Waals surface area contributed by atoms with Gasteiger partial charge in [0.15, 0.2) is 0 Å². The van der Waals surface area contributed by atoms with Gasteiger partial charge in [-0.3, -0.25) is 9.59 Å². The summed E-state index contributed by atoms with van der Waals surface area (Å²) in [4.78, 5) is 22.3. The van der Waals surface area contributed by atoms with Gasteiger partial charge in [0.2, 0.25) is 0 Å². The first-order chi connectivity index (χ1) is 7.02. The lowest BCUT2D eigenvalue weighted by molar-refractivity contribution is -0.116. The zero-order valence-electron chi connectivity index (χ0n) is 8.63. The van der Waals surface area contributed by atoms with Crippen LogP contribution in [0, 0.1) is 6.92 Å². The molecule has 0 saturated heterocycles. The van der Waals surface area contributed by atoms with Crippen LogP contribution in [-0.4, -0.2) is 18.2 Å². The molecule has 1 aromatic carbocycles. The topological polar surface area (TPSA) is 46.2 Å². The minimum atomic E-state index is -0.320. The van der Waals surface area contributed by atoms with Crippen LogP contribution in [0.3, 0.4) is 0 Å². The molecule has 0 aromatic heterocycles. The Balaban J connectivity index is 2.82. The van der Waals surface area contributed by atoms with E-state index in [2.05, 4.69) is 5.32 Å². The SMILES string of the molecule is CC(=O)CNC(=O)c1cccc(C)c1Cl. The Morgan fingerprint density at radius 2 is 2.07 bits per heavy atom. The van der Waals surface area contributed by atoms with Crippen molar-refractivity contribution in [3.63, 3.8) is 0 Å². The van der Waals surface area contributed by atoms with Crippen LogP contribution in [0.2, 0.25) is 5.02 Å². The van der Waals surface area contributed by atoms with Gasteiger partial charge in [0, 0.05) is 0 Å². The van der Waals surface area contributed by atoms with E-state index >= 15 is 0 Å². The molecule has 0 aliphatic heterocycles. The maximum Gasteiger partial charge on any atom is 0.253 e. The van der Waals surface area contributed by atoms with E-state index in [1.54, 1.807) is 12.1 Å². The van der Waals surface area contributed by atoms with Gasteiger partial charge in [-0.05, 0) is 25.5 Å². The van der Waals surface area contributed by atoms with Crippen molar-refractivity contribution in [2.75, 3.05) is 6.54 Å². The van der Waals surface area contributed by atoms with Crippen molar-refractivity contribution in [2.45, 2.75) is 13.8 Å². The van der Waals surface area contributed by atoms with Crippen molar-refractivity contribution in [1.82, 2.24) is 5.32 Å². The summed E-state index contributed by atoms with van der Waals surface area (Å²) in [7, 11) is 0. The van der Waals surface area contributed by atoms with Crippen molar-refractivity contribution < 1.29 is 9.59 Å². The van der Waals surface area contributed by atoms with Crippen LogP contribution in [0.5, 0.6) is 0 Å². The molecule has 0 radical (unpaired) electrons. The van der Waals surface area contributed by atoms with Gasteiger partial charge in [0.05, 0.1) is 17.1 Å². The van der Waals surface area contributed by atoms with Crippen molar-refractivity contribution in [2.24, 2.45) is 0 Å². The number of hydrogen-bond acceptors (Lipinski definition) is 2. The number of carbonyl (C=O) groups is 2. The lowest BCUT2D eigenvalue weighted by Crippen LogP contribution is -2.28. The van der Waals surface area contributed by atoms with Crippen molar-refractivity contribution in [1.29, 1.82) is 0 Å². The molecule has 0 aliphatic rings. The Bertz CT molecular complexity index is 402. The summed E-state index contributed by atoms with van der Waals surface area (Å²) in [5.74, 6) is -0.411. The molecular weight excluding hydrogens is 214 g/mol. The van der Waals surface area contributed by atoms with Crippen LogP contribution in [-0.2, 0) is 4.79 Å². The molecule has 0 atom stereocenters. The molecule has 4 heteroatoms. The second-order valence-corrected chi connectivity index (χ2v) is 3.70. The monoisotopic (exact) mass is 225 g/mol. The highest BCUT2D eigenvalue weighted by atomic mass is 35.5. The van der Waals surface area contributed by atoms with Gasteiger partial charge in [-0.1, -0.05) is 23.7 Å². The first-order valence-corrected chi connectivity index (χ1v) is 4.93. The predicted octanol–water partition coefficient (Wildman–Crippen LogP) is 1.97. The highest BCUT2D eigenvalue weighted by molar-refractivity contribution is 6.34. The summed E-state index contributed by atoms with van der Waals surface area (Å²) in [6.45, 7) is 3.27. The van der Waals surface area contributed by atoms with Crippen LogP contribution in [0.4, 0.5) is 0 Å². The molecule has 1 aromatic rings. The average molecular weight is 226 g/mol. The largest absolute Gasteiger partial charge is 0.345 e. The van der Waals surface area contributed by atoms with Crippen molar-refractivity contribution in [3.05, 3.63) is 34.3 Å². The number of nitrogens with one attached hydrogen (secondary N) is 1. The molecule has 15 heavy (non-hydrogen) atoms. The third kappa shape index (κ3) is 3.06. The predicted molar refractivity (Wildman–Crippen MR) is 59.2 cm³/mol. The summed E-state index contributed by atoms with van der Waals surface area (Å²) in [6.07, 6.45) is 0. The highest BCUT2D eigenvalue weighted by Gasteiger charge is 2.11. The van der Waals surface area contributed by atoms with Gasteiger partial charge in [-0.15, -0.1) is 0 Å². The first-order valence-electron chi connectivity index (χ1n) is 4.55. The molecule has 0 bridgehead atoms. The second kappa shape index (κ2) is 4.94. The fourth-order valence-electron chi connectivity index (χ4n) is 1.12. The summed E-state index contributed by atoms with van der Waals surface area (Å²) in [5.41, 5.74) is 1.24. The van der Waals surface area contributed by atoms with Gasteiger partial charge in [-0.2, -0.15) is 0 Å². The average Bonchev–Trinajstić information content (AvgIpc) is 2.18. The Morgan fingerprint density at radius 3 is 2.67 bits per heavy atom. The van der Waals surface area contributed by atoms with E-state index in [1.807, 2.05) is 13.0 Å². The summed E-state index contributed by atoms with van der Waals surface area (Å²) < 4.78 is 0. The minimum Gasteiger partial charge on any atom is -0.345 e. The number of Topliss-reactive ketones (excluding diaryl/α,β-unsaturated/α-hetero) is 1. The van der Waals surface area contributed by atoms with Gasteiger partial charge in [-0.25, -0.2) is 0 Å². The molecule has 1 rings (SSSR count). The third-order valence-corrected chi connectivity index (χ3v) is 2.44. The van der Waals surface area contributed by atoms with Gasteiger partial charge >= 0.3 is 0 Å². The third-order valence-electron chi connectivity index (χ3n) is 1.93. The van der Waals surface area contributed by atoms with Gasteiger partial charge in [0.25, 0.3) is 5.91 Å². The molecule has 0 heterocycles. The summed E-state index contributed by atoms with van der Waals surface area (Å²) >= 11 is 5.96. The standard InChI is InChI=1S/C11H12ClNO2/c1-7-4-3-5-9(10(7)12)11(15)13-6-8(2)14/h3-5H,6H2,1-2H3,(H,13,15). The van der Waals surface area contributed by atoms with Crippen LogP contribution in [0.15, 0.2) is 18.2 Å². The van der Waals surface area contributed by atoms with E-state index in [9.17, 15) is 9.59 Å². The zero-order valence-corrected chi connectivity index (χ0v) is 9.39. The van der Waals surface area contributed by atoms with Crippen molar-refractivity contribution in [3.8, 4) is 0 Å². The quantitative estimate of drug-likeness (QED) is 0.855. The van der Waals surface area contributed by atoms with E-state index in [1.165, 1.54) is 6.92 Å². The van der Waals surface area contributed by atoms with Crippen LogP contribution in [0.1, 0.15) is 22.8 Å². The van der Waals surface area contributed by atoms with Gasteiger partial charge < -0.3 is 5.32 Å². The van der Waals surface area contributed by atoms with E-state index in [0.717, 1.165) is 5.56 Å². The molecule has 0 saturated carbocycles. The number of halogens is 1. The number of ketones is 1. The van der Waals surface area contributed by atoms with E-state index in [4.69, 9.17) is 11.6 Å². The van der Waals surface area contributed by atoms with E-state index < -0.39 is 0 Å². The Labute approximate surface area is 93.4 Å². The normalized spacial score (nSPS) is 9.80. The maximum atomic E-state index is 11.6. The van der Waals surface area contributed by atoms with E-state index in [-0.39, 0.29) is 18.2 Å². The zero-order chi connectivity index (χ0) is 11.4. The minimum absolute atomic E-state index is 0.0309. The number of benzene rings is 1. The number of hydrogen-bond donors (Lipinski definition) is 1. The Hall–Kier alpha value is -1.35. The molecule has 3 nitrogen and oxygen atoms in total. The first kappa shape index (κ1) is 11.7. The smallest absolute Gasteiger partial charge is 0.253 e. The summed E-state index contributed by atoms with van der Waals surface area (Å²) in [5, 5.41) is 2.92. The number of carbonyl (C=O) groups excluding carboxylic acids is 2. The molecule has 0 aliphatic carbocycles. The van der Waals surface area contributed by atoms with Crippen molar-refractivity contribution >= 4 is 23.3 Å². The van der Waals surface area contributed by atoms with Crippen LogP contribution in [0.25, 0.3) is 0 Å². The fourth-order valence-corrected chi connectivity index (χ4v) is 1.33. The van der Waals surface area contributed by atoms with Gasteiger partial charge in [0.1, 0.15) is 5.78 Å². The molecule has 0 unspecified atom stereocenters. The lowest BCUT2D eigenvalue weighted by atomic mass is 10.1. The number of aryl methyl sites for hydroxylation is 1. The highest BCUT2D eigenvalue weighted by Crippen LogP contribution is 2.19. The fraction of sp³-hybridized carbons (Fsp3) is 0.273.